The minimum absolute atomic E-state index is 0.0890. The SMILES string of the molecule is CCN(CC)CCCN(CC)C(=O)c1n[nH]c(C)c1N. The van der Waals surface area contributed by atoms with E-state index in [-0.39, 0.29) is 5.91 Å². The lowest BCUT2D eigenvalue weighted by Gasteiger charge is -2.23. The number of nitrogens with one attached hydrogen (secondary N) is 1. The maximum atomic E-state index is 12.4. The summed E-state index contributed by atoms with van der Waals surface area (Å²) in [6, 6.07) is 0. The number of anilines is 1. The van der Waals surface area contributed by atoms with Gasteiger partial charge in [0.05, 0.1) is 11.4 Å². The number of H-pyrrole nitrogens is 1. The predicted molar refractivity (Wildman–Crippen MR) is 81.7 cm³/mol. The molecule has 6 nitrogen and oxygen atoms in total. The first-order valence-corrected chi connectivity index (χ1v) is 7.37. The van der Waals surface area contributed by atoms with Crippen molar-refractivity contribution in [2.24, 2.45) is 0 Å². The van der Waals surface area contributed by atoms with Crippen LogP contribution in [0.1, 0.15) is 43.4 Å². The number of carbonyl (C=O) groups excluding carboxylic acids is 1. The molecule has 0 radical (unpaired) electrons. The number of nitrogens with two attached hydrogens (primary N) is 1. The van der Waals surface area contributed by atoms with Crippen LogP contribution in [0.3, 0.4) is 0 Å². The van der Waals surface area contributed by atoms with Crippen LogP contribution in [-0.2, 0) is 0 Å². The van der Waals surface area contributed by atoms with Crippen molar-refractivity contribution in [2.75, 3.05) is 38.5 Å². The first kappa shape index (κ1) is 16.5. The summed E-state index contributed by atoms with van der Waals surface area (Å²) in [4.78, 5) is 16.5. The molecule has 3 N–H and O–H groups in total. The van der Waals surface area contributed by atoms with Gasteiger partial charge >= 0.3 is 0 Å². The third-order valence-corrected chi connectivity index (χ3v) is 3.66. The van der Waals surface area contributed by atoms with Crippen molar-refractivity contribution < 1.29 is 4.79 Å². The lowest BCUT2D eigenvalue weighted by atomic mass is 10.2. The van der Waals surface area contributed by atoms with E-state index < -0.39 is 0 Å². The summed E-state index contributed by atoms with van der Waals surface area (Å²) < 4.78 is 0. The lowest BCUT2D eigenvalue weighted by molar-refractivity contribution is 0.0752. The molecule has 1 amide bonds. The van der Waals surface area contributed by atoms with Crippen molar-refractivity contribution in [1.29, 1.82) is 0 Å². The summed E-state index contributed by atoms with van der Waals surface area (Å²) in [7, 11) is 0. The maximum Gasteiger partial charge on any atom is 0.276 e. The van der Waals surface area contributed by atoms with Crippen LogP contribution in [0, 0.1) is 6.92 Å². The second kappa shape index (κ2) is 7.89. The Morgan fingerprint density at radius 3 is 2.30 bits per heavy atom. The van der Waals surface area contributed by atoms with Gasteiger partial charge in [0.1, 0.15) is 0 Å². The molecule has 0 saturated carbocycles. The number of rotatable bonds is 8. The van der Waals surface area contributed by atoms with Gasteiger partial charge in [-0.05, 0) is 39.9 Å². The van der Waals surface area contributed by atoms with Gasteiger partial charge < -0.3 is 15.5 Å². The van der Waals surface area contributed by atoms with E-state index in [1.807, 2.05) is 13.8 Å². The number of aryl methyl sites for hydroxylation is 1. The lowest BCUT2D eigenvalue weighted by Crippen LogP contribution is -2.35. The van der Waals surface area contributed by atoms with E-state index in [2.05, 4.69) is 28.9 Å². The normalized spacial score (nSPS) is 11.1. The van der Waals surface area contributed by atoms with Gasteiger partial charge in [0.2, 0.25) is 0 Å². The van der Waals surface area contributed by atoms with Gasteiger partial charge in [0.25, 0.3) is 5.91 Å². The van der Waals surface area contributed by atoms with E-state index in [0.29, 0.717) is 17.9 Å². The van der Waals surface area contributed by atoms with Gasteiger partial charge in [0.15, 0.2) is 5.69 Å². The number of nitrogen functional groups attached to an aromatic ring is 1. The highest BCUT2D eigenvalue weighted by Crippen LogP contribution is 2.15. The van der Waals surface area contributed by atoms with Gasteiger partial charge in [0, 0.05) is 13.1 Å². The van der Waals surface area contributed by atoms with Crippen LogP contribution in [0.5, 0.6) is 0 Å². The molecule has 1 aromatic heterocycles. The fourth-order valence-electron chi connectivity index (χ4n) is 2.18. The molecular weight excluding hydrogens is 254 g/mol. The van der Waals surface area contributed by atoms with E-state index in [1.165, 1.54) is 0 Å². The van der Waals surface area contributed by atoms with Crippen LogP contribution >= 0.6 is 0 Å². The maximum absolute atomic E-state index is 12.4. The van der Waals surface area contributed by atoms with Crippen molar-refractivity contribution in [2.45, 2.75) is 34.1 Å². The number of nitrogens with zero attached hydrogens (tertiary/aromatic N) is 3. The first-order valence-electron chi connectivity index (χ1n) is 7.37. The third-order valence-electron chi connectivity index (χ3n) is 3.66. The van der Waals surface area contributed by atoms with E-state index in [9.17, 15) is 4.79 Å². The average Bonchev–Trinajstić information content (AvgIpc) is 2.79. The smallest absolute Gasteiger partial charge is 0.276 e. The van der Waals surface area contributed by atoms with Crippen LogP contribution in [0.4, 0.5) is 5.69 Å². The molecule has 114 valence electrons. The Kier molecular flexibility index (Phi) is 6.51. The monoisotopic (exact) mass is 281 g/mol. The Bertz CT molecular complexity index is 425. The molecule has 0 saturated heterocycles. The molecular formula is C14H27N5O. The number of aromatic nitrogens is 2. The van der Waals surface area contributed by atoms with E-state index in [4.69, 9.17) is 5.73 Å². The van der Waals surface area contributed by atoms with Crippen molar-refractivity contribution in [3.63, 3.8) is 0 Å². The molecule has 1 aromatic rings. The predicted octanol–water partition coefficient (Wildman–Crippen LogP) is 1.49. The standard InChI is InChI=1S/C14H27N5O/c1-5-18(6-2)9-8-10-19(7-3)14(20)13-12(15)11(4)16-17-13/h5-10,15H2,1-4H3,(H,16,17). The minimum Gasteiger partial charge on any atom is -0.395 e. The molecule has 0 spiro atoms. The van der Waals surface area contributed by atoms with Crippen molar-refractivity contribution in [1.82, 2.24) is 20.0 Å². The van der Waals surface area contributed by atoms with E-state index in [1.54, 1.807) is 4.90 Å². The Hall–Kier alpha value is -1.56. The summed E-state index contributed by atoms with van der Waals surface area (Å²) in [6.45, 7) is 12.6. The molecule has 0 bridgehead atoms. The number of hydrogen-bond donors (Lipinski definition) is 2. The third kappa shape index (κ3) is 3.96. The largest absolute Gasteiger partial charge is 0.395 e. The second-order valence-corrected chi connectivity index (χ2v) is 4.88. The Labute approximate surface area is 121 Å². The molecule has 1 rings (SSSR count). The summed E-state index contributed by atoms with van der Waals surface area (Å²) >= 11 is 0. The minimum atomic E-state index is -0.0890. The van der Waals surface area contributed by atoms with Crippen LogP contribution in [0.2, 0.25) is 0 Å². The van der Waals surface area contributed by atoms with Crippen molar-refractivity contribution >= 4 is 11.6 Å². The quantitative estimate of drug-likeness (QED) is 0.757. The highest BCUT2D eigenvalue weighted by molar-refractivity contribution is 5.97. The fraction of sp³-hybridized carbons (Fsp3) is 0.714. The summed E-state index contributed by atoms with van der Waals surface area (Å²) in [5, 5.41) is 6.77. The number of hydrogen-bond acceptors (Lipinski definition) is 4. The molecule has 1 heterocycles. The summed E-state index contributed by atoms with van der Waals surface area (Å²) in [5.74, 6) is -0.0890. The zero-order valence-electron chi connectivity index (χ0n) is 13.1. The topological polar surface area (TPSA) is 78.2 Å². The molecule has 20 heavy (non-hydrogen) atoms. The van der Waals surface area contributed by atoms with Gasteiger partial charge in [-0.25, -0.2) is 0 Å². The van der Waals surface area contributed by atoms with Crippen LogP contribution < -0.4 is 5.73 Å². The summed E-state index contributed by atoms with van der Waals surface area (Å²) in [6.07, 6.45) is 0.963. The highest BCUT2D eigenvalue weighted by atomic mass is 16.2. The molecule has 0 aliphatic heterocycles. The Balaban J connectivity index is 2.58. The first-order chi connectivity index (χ1) is 9.54. The van der Waals surface area contributed by atoms with Crippen LogP contribution in [-0.4, -0.2) is 58.6 Å². The van der Waals surface area contributed by atoms with Crippen molar-refractivity contribution in [3.05, 3.63) is 11.4 Å². The molecule has 0 fully saturated rings. The Morgan fingerprint density at radius 1 is 1.20 bits per heavy atom. The number of aromatic amines is 1. The average molecular weight is 281 g/mol. The fourth-order valence-corrected chi connectivity index (χ4v) is 2.18. The van der Waals surface area contributed by atoms with Gasteiger partial charge in [-0.3, -0.25) is 9.89 Å². The molecule has 0 aliphatic rings. The molecule has 0 aromatic carbocycles. The number of amides is 1. The van der Waals surface area contributed by atoms with Crippen LogP contribution in [0.25, 0.3) is 0 Å². The Morgan fingerprint density at radius 2 is 1.85 bits per heavy atom. The molecule has 6 heteroatoms. The zero-order chi connectivity index (χ0) is 15.1. The van der Waals surface area contributed by atoms with Gasteiger partial charge in [-0.1, -0.05) is 13.8 Å². The van der Waals surface area contributed by atoms with Crippen LogP contribution in [0.15, 0.2) is 0 Å². The molecule has 0 aliphatic carbocycles. The van der Waals surface area contributed by atoms with Gasteiger partial charge in [-0.15, -0.1) is 0 Å². The molecule has 0 atom stereocenters. The number of carbonyl (C=O) groups is 1. The van der Waals surface area contributed by atoms with E-state index >= 15 is 0 Å². The van der Waals surface area contributed by atoms with Gasteiger partial charge in [-0.2, -0.15) is 5.10 Å². The highest BCUT2D eigenvalue weighted by Gasteiger charge is 2.20. The second-order valence-electron chi connectivity index (χ2n) is 4.88. The zero-order valence-corrected chi connectivity index (χ0v) is 13.1. The molecule has 0 unspecified atom stereocenters. The summed E-state index contributed by atoms with van der Waals surface area (Å²) in [5.41, 5.74) is 7.41. The van der Waals surface area contributed by atoms with Crippen molar-refractivity contribution in [3.8, 4) is 0 Å². The van der Waals surface area contributed by atoms with E-state index in [0.717, 1.165) is 38.3 Å².